The number of aromatic nitrogens is 4. The van der Waals surface area contributed by atoms with Crippen LogP contribution >= 0.6 is 0 Å². The molecule has 0 aliphatic heterocycles. The molecule has 192 valence electrons. The number of anilines is 3. The smallest absolute Gasteiger partial charge is 0.250 e. The molecule has 3 aromatic rings. The molecule has 0 saturated heterocycles. The van der Waals surface area contributed by atoms with E-state index in [1.54, 1.807) is 4.57 Å². The van der Waals surface area contributed by atoms with Crippen LogP contribution < -0.4 is 16.4 Å². The van der Waals surface area contributed by atoms with Crippen molar-refractivity contribution in [3.05, 3.63) is 35.8 Å². The number of alkyl halides is 2. The largest absolute Gasteiger partial charge is 0.369 e. The number of amides is 1. The van der Waals surface area contributed by atoms with Crippen LogP contribution in [0.3, 0.4) is 0 Å². The van der Waals surface area contributed by atoms with Crippen molar-refractivity contribution in [1.82, 2.24) is 19.5 Å². The minimum Gasteiger partial charge on any atom is -0.369 e. The molecule has 2 aromatic heterocycles. The van der Waals surface area contributed by atoms with Gasteiger partial charge in [-0.2, -0.15) is 4.98 Å². The fourth-order valence-electron chi connectivity index (χ4n) is 5.04. The lowest BCUT2D eigenvalue weighted by atomic mass is 9.85. The average Bonchev–Trinajstić information content (AvgIpc) is 3.34. The van der Waals surface area contributed by atoms with E-state index in [4.69, 9.17) is 5.73 Å². The predicted molar refractivity (Wildman–Crippen MR) is 121 cm³/mol. The molecule has 0 radical (unpaired) electrons. The Morgan fingerprint density at radius 1 is 1.06 bits per heavy atom. The zero-order valence-corrected chi connectivity index (χ0v) is 19.1. The molecule has 0 bridgehead atoms. The van der Waals surface area contributed by atoms with E-state index in [0.29, 0.717) is 49.0 Å². The van der Waals surface area contributed by atoms with Gasteiger partial charge in [0.2, 0.25) is 23.7 Å². The molecule has 2 heterocycles. The van der Waals surface area contributed by atoms with E-state index >= 15 is 0 Å². The summed E-state index contributed by atoms with van der Waals surface area (Å²) in [5, 5.41) is 5.55. The van der Waals surface area contributed by atoms with Crippen LogP contribution in [0.25, 0.3) is 11.2 Å². The van der Waals surface area contributed by atoms with Crippen molar-refractivity contribution in [2.24, 2.45) is 11.7 Å². The topological polar surface area (TPSA) is 111 Å². The van der Waals surface area contributed by atoms with Crippen molar-refractivity contribution < 1.29 is 26.7 Å². The molecule has 2 saturated carbocycles. The molecule has 0 unspecified atom stereocenters. The zero-order valence-electron chi connectivity index (χ0n) is 19.1. The molecule has 8 nitrogen and oxygen atoms in total. The number of halogens is 5. The lowest BCUT2D eigenvalue weighted by Gasteiger charge is -2.29. The van der Waals surface area contributed by atoms with Crippen LogP contribution in [0, 0.1) is 23.4 Å². The maximum absolute atomic E-state index is 14.4. The third-order valence-electron chi connectivity index (χ3n) is 6.88. The van der Waals surface area contributed by atoms with Crippen LogP contribution in [0.1, 0.15) is 51.0 Å². The Labute approximate surface area is 202 Å². The Morgan fingerprint density at radius 2 is 1.75 bits per heavy atom. The third kappa shape index (κ3) is 4.78. The molecule has 4 N–H and O–H groups in total. The van der Waals surface area contributed by atoms with Crippen molar-refractivity contribution in [2.45, 2.75) is 63.0 Å². The van der Waals surface area contributed by atoms with E-state index in [1.165, 1.54) is 6.20 Å². The first-order valence-electron chi connectivity index (χ1n) is 11.7. The highest BCUT2D eigenvalue weighted by Gasteiger charge is 2.39. The van der Waals surface area contributed by atoms with Crippen LogP contribution in [-0.2, 0) is 4.79 Å². The molecule has 1 amide bonds. The first-order chi connectivity index (χ1) is 17.1. The lowest BCUT2D eigenvalue weighted by molar-refractivity contribution is -0.122. The van der Waals surface area contributed by atoms with Gasteiger partial charge in [0.15, 0.2) is 17.3 Å². The van der Waals surface area contributed by atoms with Crippen molar-refractivity contribution >= 4 is 34.7 Å². The second-order valence-electron chi connectivity index (χ2n) is 9.43. The summed E-state index contributed by atoms with van der Waals surface area (Å²) < 4.78 is 71.1. The van der Waals surface area contributed by atoms with Gasteiger partial charge in [-0.05, 0) is 32.1 Å². The maximum atomic E-state index is 14.4. The maximum Gasteiger partial charge on any atom is 0.250 e. The summed E-state index contributed by atoms with van der Waals surface area (Å²) in [4.78, 5) is 24.7. The summed E-state index contributed by atoms with van der Waals surface area (Å²) >= 11 is 0. The quantitative estimate of drug-likeness (QED) is 0.412. The molecular weight excluding hydrogens is 485 g/mol. The van der Waals surface area contributed by atoms with Crippen LogP contribution in [0.5, 0.6) is 0 Å². The first kappa shape index (κ1) is 24.2. The number of carbonyl (C=O) groups excluding carboxylic acids is 1. The number of hydrogen-bond acceptors (Lipinski definition) is 6. The Hall–Kier alpha value is -3.51. The fourth-order valence-corrected chi connectivity index (χ4v) is 5.04. The van der Waals surface area contributed by atoms with Gasteiger partial charge < -0.3 is 16.4 Å². The number of nitrogens with one attached hydrogen (secondary N) is 2. The molecule has 36 heavy (non-hydrogen) atoms. The van der Waals surface area contributed by atoms with Gasteiger partial charge in [-0.1, -0.05) is 0 Å². The Kier molecular flexibility index (Phi) is 6.17. The number of hydrogen-bond donors (Lipinski definition) is 3. The number of nitrogens with two attached hydrogens (primary N) is 1. The highest BCUT2D eigenvalue weighted by Crippen LogP contribution is 2.38. The molecular formula is C23H24F5N7O. The monoisotopic (exact) mass is 509 g/mol. The summed E-state index contributed by atoms with van der Waals surface area (Å²) in [7, 11) is 0. The predicted octanol–water partition coefficient (Wildman–Crippen LogP) is 4.80. The molecule has 0 spiro atoms. The van der Waals surface area contributed by atoms with Gasteiger partial charge in [-0.15, -0.1) is 0 Å². The summed E-state index contributed by atoms with van der Waals surface area (Å²) in [6.45, 7) is 0. The highest BCUT2D eigenvalue weighted by atomic mass is 19.3. The molecule has 2 aliphatic carbocycles. The van der Waals surface area contributed by atoms with Crippen LogP contribution in [0.15, 0.2) is 18.3 Å². The minimum atomic E-state index is -2.75. The van der Waals surface area contributed by atoms with Gasteiger partial charge in [0.25, 0.3) is 0 Å². The average molecular weight is 509 g/mol. The Morgan fingerprint density at radius 3 is 2.36 bits per heavy atom. The van der Waals surface area contributed by atoms with Crippen molar-refractivity contribution in [3.63, 3.8) is 0 Å². The third-order valence-corrected chi connectivity index (χ3v) is 6.88. The second-order valence-corrected chi connectivity index (χ2v) is 9.43. The number of fused-ring (bicyclic) bond motifs is 1. The zero-order chi connectivity index (χ0) is 25.6. The van der Waals surface area contributed by atoms with Crippen LogP contribution in [0.2, 0.25) is 0 Å². The summed E-state index contributed by atoms with van der Waals surface area (Å²) in [6, 6.07) is 0.351. The standard InChI is InChI=1S/C23H24F5N7O/c24-12-7-15(25)18(16(26)8-12)33-22-32-17-10-30-21(31-13-5-6-23(27,28)9-13)34-20(17)35(22)14-3-1-11(2-4-14)19(29)36/h7-8,10-11,13-14H,1-6,9H2,(H2,29,36)(H,32,33)(H,30,31,34)/t11-,13-,14-/m1/s1. The molecule has 2 aliphatic rings. The number of rotatable bonds is 6. The van der Waals surface area contributed by atoms with Crippen LogP contribution in [0.4, 0.5) is 39.5 Å². The second kappa shape index (κ2) is 9.17. The van der Waals surface area contributed by atoms with Gasteiger partial charge in [0.05, 0.1) is 6.20 Å². The molecule has 1 atom stereocenters. The molecule has 5 rings (SSSR count). The molecule has 1 aromatic carbocycles. The number of carbonyl (C=O) groups is 1. The number of imidazole rings is 1. The summed E-state index contributed by atoms with van der Waals surface area (Å²) in [6.07, 6.45) is 3.15. The van der Waals surface area contributed by atoms with Crippen molar-refractivity contribution in [2.75, 3.05) is 10.6 Å². The SMILES string of the molecule is NC(=O)[C@H]1CC[C@H](n2c(Nc3c(F)cc(F)cc3F)nc3cnc(N[C@@H]4CCC(F)(F)C4)nc32)CC1. The number of benzene rings is 1. The van der Waals surface area contributed by atoms with Gasteiger partial charge in [-0.3, -0.25) is 9.36 Å². The highest BCUT2D eigenvalue weighted by molar-refractivity contribution is 5.78. The normalized spacial score (nSPS) is 23.6. The molecule has 2 fully saturated rings. The minimum absolute atomic E-state index is 0.0517. The Bertz CT molecular complexity index is 1280. The van der Waals surface area contributed by atoms with Crippen molar-refractivity contribution in [3.8, 4) is 0 Å². The Balaban J connectivity index is 1.52. The van der Waals surface area contributed by atoms with Gasteiger partial charge in [0, 0.05) is 43.0 Å². The van der Waals surface area contributed by atoms with Crippen LogP contribution in [-0.4, -0.2) is 37.4 Å². The van der Waals surface area contributed by atoms with Gasteiger partial charge in [-0.25, -0.2) is 31.9 Å². The molecule has 13 heteroatoms. The van der Waals surface area contributed by atoms with E-state index in [9.17, 15) is 26.7 Å². The lowest BCUT2D eigenvalue weighted by Crippen LogP contribution is -2.29. The number of primary amides is 1. The number of nitrogens with zero attached hydrogens (tertiary/aromatic N) is 4. The first-order valence-corrected chi connectivity index (χ1v) is 11.7. The fraction of sp³-hybridized carbons (Fsp3) is 0.478. The van der Waals surface area contributed by atoms with E-state index in [-0.39, 0.29) is 49.0 Å². The van der Waals surface area contributed by atoms with E-state index < -0.39 is 35.1 Å². The van der Waals surface area contributed by atoms with Gasteiger partial charge in [0.1, 0.15) is 17.0 Å². The van der Waals surface area contributed by atoms with Crippen molar-refractivity contribution in [1.29, 1.82) is 0 Å². The summed E-state index contributed by atoms with van der Waals surface area (Å²) in [5.74, 6) is -6.58. The van der Waals surface area contributed by atoms with E-state index in [2.05, 4.69) is 25.6 Å². The van der Waals surface area contributed by atoms with E-state index in [1.807, 2.05) is 0 Å². The van der Waals surface area contributed by atoms with E-state index in [0.717, 1.165) is 0 Å². The van der Waals surface area contributed by atoms with Gasteiger partial charge >= 0.3 is 0 Å². The summed E-state index contributed by atoms with van der Waals surface area (Å²) in [5.41, 5.74) is 5.49.